The van der Waals surface area contributed by atoms with Crippen LogP contribution >= 0.6 is 0 Å². The van der Waals surface area contributed by atoms with E-state index in [-0.39, 0.29) is 5.97 Å². The van der Waals surface area contributed by atoms with E-state index in [4.69, 9.17) is 0 Å². The summed E-state index contributed by atoms with van der Waals surface area (Å²) in [6.45, 7) is 3.00. The predicted octanol–water partition coefficient (Wildman–Crippen LogP) is 3.17. The molecule has 0 aromatic heterocycles. The van der Waals surface area contributed by atoms with Crippen molar-refractivity contribution in [2.24, 2.45) is 10.3 Å². The summed E-state index contributed by atoms with van der Waals surface area (Å²) in [5.74, 6) is -0.373. The van der Waals surface area contributed by atoms with Crippen molar-refractivity contribution in [3.05, 3.63) is 59.7 Å². The van der Waals surface area contributed by atoms with Crippen LogP contribution in [0.15, 0.2) is 58.9 Å². The summed E-state index contributed by atoms with van der Waals surface area (Å²) in [4.78, 5) is 13.6. The van der Waals surface area contributed by atoms with Crippen molar-refractivity contribution >= 4 is 17.3 Å². The number of hydrogen-bond donors (Lipinski definition) is 0. The Hall–Kier alpha value is -3.40. The van der Waals surface area contributed by atoms with Crippen molar-refractivity contribution in [3.63, 3.8) is 0 Å². The van der Waals surface area contributed by atoms with Gasteiger partial charge in [0.1, 0.15) is 6.07 Å². The predicted molar refractivity (Wildman–Crippen MR) is 97.2 cm³/mol. The van der Waals surface area contributed by atoms with Gasteiger partial charge in [0.25, 0.3) is 0 Å². The number of carbonyl (C=O) groups excluding carboxylic acids is 1. The molecule has 0 spiro atoms. The fourth-order valence-electron chi connectivity index (χ4n) is 2.77. The molecule has 0 amide bonds. The molecule has 0 radical (unpaired) electrons. The van der Waals surface area contributed by atoms with Gasteiger partial charge in [0, 0.05) is 13.1 Å². The topological polar surface area (TPSA) is 81.3 Å². The maximum absolute atomic E-state index is 11.4. The number of para-hydroxylation sites is 1. The second kappa shape index (κ2) is 8.12. The minimum atomic E-state index is -0.373. The number of hydrogen-bond acceptors (Lipinski definition) is 6. The van der Waals surface area contributed by atoms with Crippen LogP contribution < -0.4 is 4.90 Å². The third-order valence-corrected chi connectivity index (χ3v) is 4.20. The highest BCUT2D eigenvalue weighted by Crippen LogP contribution is 2.21. The van der Waals surface area contributed by atoms with E-state index in [1.807, 2.05) is 29.3 Å². The zero-order valence-electron chi connectivity index (χ0n) is 14.5. The molecule has 0 atom stereocenters. The van der Waals surface area contributed by atoms with Crippen molar-refractivity contribution in [3.8, 4) is 6.07 Å². The number of piperazine rings is 1. The van der Waals surface area contributed by atoms with Crippen LogP contribution in [0.1, 0.15) is 15.9 Å². The van der Waals surface area contributed by atoms with Gasteiger partial charge in [0.05, 0.1) is 42.7 Å². The molecule has 0 saturated carbocycles. The summed E-state index contributed by atoms with van der Waals surface area (Å²) >= 11 is 0. The maximum Gasteiger partial charge on any atom is 0.337 e. The van der Waals surface area contributed by atoms with E-state index >= 15 is 0 Å². The summed E-state index contributed by atoms with van der Waals surface area (Å²) in [7, 11) is 1.35. The molecule has 0 N–H and O–H groups in total. The van der Waals surface area contributed by atoms with Crippen molar-refractivity contribution in [1.29, 1.82) is 5.26 Å². The largest absolute Gasteiger partial charge is 0.465 e. The fraction of sp³-hybridized carbons (Fsp3) is 0.263. The Morgan fingerprint density at radius 1 is 1.08 bits per heavy atom. The highest BCUT2D eigenvalue weighted by atomic mass is 16.5. The molecule has 26 heavy (non-hydrogen) atoms. The zero-order valence-corrected chi connectivity index (χ0v) is 14.5. The Labute approximate surface area is 152 Å². The van der Waals surface area contributed by atoms with Gasteiger partial charge in [-0.1, -0.05) is 17.4 Å². The Balaban J connectivity index is 1.58. The molecule has 7 heteroatoms. The van der Waals surface area contributed by atoms with Gasteiger partial charge in [-0.15, -0.1) is 5.11 Å². The van der Waals surface area contributed by atoms with Crippen LogP contribution in [-0.2, 0) is 4.74 Å². The van der Waals surface area contributed by atoms with Gasteiger partial charge in [-0.3, -0.25) is 5.01 Å². The van der Waals surface area contributed by atoms with Crippen LogP contribution in [0, 0.1) is 11.3 Å². The Morgan fingerprint density at radius 2 is 1.77 bits per heavy atom. The zero-order chi connectivity index (χ0) is 18.4. The summed E-state index contributed by atoms with van der Waals surface area (Å²) < 4.78 is 4.67. The van der Waals surface area contributed by atoms with Crippen molar-refractivity contribution in [1.82, 2.24) is 5.01 Å². The molecule has 3 rings (SSSR count). The molecule has 7 nitrogen and oxygen atoms in total. The van der Waals surface area contributed by atoms with Gasteiger partial charge < -0.3 is 9.64 Å². The fourth-order valence-corrected chi connectivity index (χ4v) is 2.77. The second-order valence-corrected chi connectivity index (χ2v) is 5.80. The number of methoxy groups -OCH3 is 1. The lowest BCUT2D eigenvalue weighted by Crippen LogP contribution is -2.44. The third kappa shape index (κ3) is 3.98. The lowest BCUT2D eigenvalue weighted by Gasteiger charge is -2.34. The molecule has 132 valence electrons. The smallest absolute Gasteiger partial charge is 0.337 e. The number of rotatable bonds is 4. The van der Waals surface area contributed by atoms with Gasteiger partial charge in [-0.2, -0.15) is 5.26 Å². The molecule has 2 aromatic carbocycles. The number of nitrogens with zero attached hydrogens (tertiary/aromatic N) is 5. The summed E-state index contributed by atoms with van der Waals surface area (Å²) in [5.41, 5.74) is 2.81. The summed E-state index contributed by atoms with van der Waals surface area (Å²) in [6.07, 6.45) is 0. The van der Waals surface area contributed by atoms with Crippen LogP contribution in [0.3, 0.4) is 0 Å². The van der Waals surface area contributed by atoms with E-state index in [1.54, 1.807) is 24.3 Å². The number of ether oxygens (including phenoxy) is 1. The van der Waals surface area contributed by atoms with Crippen LogP contribution in [0.4, 0.5) is 11.4 Å². The normalized spacial score (nSPS) is 14.3. The molecule has 0 aliphatic carbocycles. The van der Waals surface area contributed by atoms with E-state index in [2.05, 4.69) is 26.0 Å². The molecule has 0 bridgehead atoms. The molecule has 1 fully saturated rings. The minimum absolute atomic E-state index is 0.373. The standard InChI is InChI=1S/C19H19N5O2/c1-26-19(25)15-6-8-17(9-7-15)21-22-24-12-10-23(11-13-24)18-5-3-2-4-16(18)14-20/h2-9H,10-13H2,1H3/b22-21+. The molecular weight excluding hydrogens is 330 g/mol. The SMILES string of the molecule is COC(=O)c1ccc(/N=N/N2CCN(c3ccccc3C#N)CC2)cc1. The number of benzene rings is 2. The number of anilines is 1. The van der Waals surface area contributed by atoms with Crippen molar-refractivity contribution in [2.45, 2.75) is 0 Å². The lowest BCUT2D eigenvalue weighted by atomic mass is 10.1. The van der Waals surface area contributed by atoms with Crippen LogP contribution in [0.5, 0.6) is 0 Å². The van der Waals surface area contributed by atoms with E-state index in [0.717, 1.165) is 31.9 Å². The Morgan fingerprint density at radius 3 is 2.42 bits per heavy atom. The quantitative estimate of drug-likeness (QED) is 0.625. The molecule has 0 unspecified atom stereocenters. The van der Waals surface area contributed by atoms with Crippen molar-refractivity contribution < 1.29 is 9.53 Å². The Kier molecular flexibility index (Phi) is 5.44. The van der Waals surface area contributed by atoms with E-state index in [9.17, 15) is 10.1 Å². The van der Waals surface area contributed by atoms with Gasteiger partial charge in [-0.25, -0.2) is 4.79 Å². The minimum Gasteiger partial charge on any atom is -0.465 e. The summed E-state index contributed by atoms with van der Waals surface area (Å²) in [5, 5.41) is 19.6. The van der Waals surface area contributed by atoms with Gasteiger partial charge in [0.15, 0.2) is 0 Å². The highest BCUT2D eigenvalue weighted by molar-refractivity contribution is 5.89. The van der Waals surface area contributed by atoms with Crippen molar-refractivity contribution in [2.75, 3.05) is 38.2 Å². The molecule has 1 aliphatic rings. The first kappa shape index (κ1) is 17.4. The number of carbonyl (C=O) groups is 1. The van der Waals surface area contributed by atoms with E-state index < -0.39 is 0 Å². The third-order valence-electron chi connectivity index (χ3n) is 4.20. The molecule has 2 aromatic rings. The first-order valence-electron chi connectivity index (χ1n) is 8.30. The van der Waals surface area contributed by atoms with Crippen LogP contribution in [0.25, 0.3) is 0 Å². The molecule has 1 aliphatic heterocycles. The summed E-state index contributed by atoms with van der Waals surface area (Å²) in [6, 6.07) is 16.6. The molecule has 1 saturated heterocycles. The highest BCUT2D eigenvalue weighted by Gasteiger charge is 2.18. The number of nitriles is 1. The monoisotopic (exact) mass is 349 g/mol. The lowest BCUT2D eigenvalue weighted by molar-refractivity contribution is 0.0601. The van der Waals surface area contributed by atoms with Crippen LogP contribution in [0.2, 0.25) is 0 Å². The molecular formula is C19H19N5O2. The van der Waals surface area contributed by atoms with Gasteiger partial charge in [0.2, 0.25) is 0 Å². The van der Waals surface area contributed by atoms with Crippen LogP contribution in [-0.4, -0.2) is 44.3 Å². The first-order chi connectivity index (χ1) is 12.7. The van der Waals surface area contributed by atoms with E-state index in [1.165, 1.54) is 7.11 Å². The average Bonchev–Trinajstić information content (AvgIpc) is 2.72. The van der Waals surface area contributed by atoms with E-state index in [0.29, 0.717) is 16.8 Å². The maximum atomic E-state index is 11.4. The second-order valence-electron chi connectivity index (χ2n) is 5.80. The average molecular weight is 349 g/mol. The van der Waals surface area contributed by atoms with Gasteiger partial charge >= 0.3 is 5.97 Å². The first-order valence-corrected chi connectivity index (χ1v) is 8.30. The molecule has 1 heterocycles. The Bertz CT molecular complexity index is 834. The van der Waals surface area contributed by atoms with Gasteiger partial charge in [-0.05, 0) is 36.4 Å². The number of esters is 1.